The highest BCUT2D eigenvalue weighted by atomic mass is 32.2. The molecule has 0 saturated carbocycles. The van der Waals surface area contributed by atoms with Crippen molar-refractivity contribution in [2.45, 2.75) is 48.1 Å². The molecule has 134 valence electrons. The predicted octanol–water partition coefficient (Wildman–Crippen LogP) is -4.06. The van der Waals surface area contributed by atoms with Crippen molar-refractivity contribution in [1.82, 2.24) is 0 Å². The molecule has 0 aliphatic rings. The third-order valence-corrected chi connectivity index (χ3v) is 5.86. The summed E-state index contributed by atoms with van der Waals surface area (Å²) < 4.78 is 44.8. The molecule has 10 nitrogen and oxygen atoms in total. The second-order valence-electron chi connectivity index (χ2n) is 5.62. The van der Waals surface area contributed by atoms with Gasteiger partial charge in [-0.3, -0.25) is 0 Å². The van der Waals surface area contributed by atoms with Gasteiger partial charge in [-0.15, -0.1) is 0 Å². The zero-order chi connectivity index (χ0) is 18.3. The lowest BCUT2D eigenvalue weighted by Crippen LogP contribution is -2.68. The van der Waals surface area contributed by atoms with Gasteiger partial charge in [0.15, 0.2) is 30.5 Å². The fraction of sp³-hybridized carbons (Fsp3) is 1.00. The van der Waals surface area contributed by atoms with Gasteiger partial charge in [-0.05, 0) is 13.8 Å². The van der Waals surface area contributed by atoms with Crippen LogP contribution in [0.1, 0.15) is 13.8 Å². The van der Waals surface area contributed by atoms with E-state index in [4.69, 9.17) is 0 Å². The molecule has 0 aliphatic carbocycles. The first-order valence-corrected chi connectivity index (χ1v) is 9.84. The number of rotatable bonds is 7. The summed E-state index contributed by atoms with van der Waals surface area (Å²) in [5.74, 6) is 0. The molecule has 0 heterocycles. The van der Waals surface area contributed by atoms with Crippen molar-refractivity contribution >= 4 is 19.7 Å². The van der Waals surface area contributed by atoms with Gasteiger partial charge >= 0.3 is 0 Å². The second-order valence-corrected chi connectivity index (χ2v) is 9.91. The van der Waals surface area contributed by atoms with Crippen molar-refractivity contribution in [2.24, 2.45) is 0 Å². The van der Waals surface area contributed by atoms with Crippen LogP contribution in [0.3, 0.4) is 0 Å². The van der Waals surface area contributed by atoms with Crippen molar-refractivity contribution in [3.63, 3.8) is 0 Å². The predicted molar refractivity (Wildman–Crippen MR) is 75.0 cm³/mol. The standard InChI is InChI=1S/C10H22O10S2/c1-9(15,5(11)7(13)21(3,17)18)10(2,16)6(12)8(14)22(4,19)20/h5-8,11-16H,1-4H3/t5-,6-,7?,8?,9-,10-/m1/s1. The summed E-state index contributed by atoms with van der Waals surface area (Å²) in [6, 6.07) is 0. The molecule has 0 bridgehead atoms. The molecule has 6 N–H and O–H groups in total. The minimum atomic E-state index is -4.25. The fourth-order valence-corrected chi connectivity index (χ4v) is 3.09. The van der Waals surface area contributed by atoms with E-state index in [9.17, 15) is 47.5 Å². The SMILES string of the molecule is C[C@@](O)([C@H](O)C(O)S(C)(=O)=O)[C@](C)(O)[C@H](O)C(O)S(C)(=O)=O. The van der Waals surface area contributed by atoms with Gasteiger partial charge in [-0.2, -0.15) is 0 Å². The number of sulfone groups is 2. The van der Waals surface area contributed by atoms with Crippen LogP contribution in [0.4, 0.5) is 0 Å². The number of hydrogen-bond donors (Lipinski definition) is 6. The van der Waals surface area contributed by atoms with Gasteiger partial charge in [0.25, 0.3) is 0 Å². The monoisotopic (exact) mass is 366 g/mol. The Labute approximate surface area is 128 Å². The molecule has 0 aromatic carbocycles. The zero-order valence-corrected chi connectivity index (χ0v) is 14.1. The maximum Gasteiger partial charge on any atom is 0.183 e. The van der Waals surface area contributed by atoms with E-state index in [1.54, 1.807) is 0 Å². The zero-order valence-electron chi connectivity index (χ0n) is 12.4. The van der Waals surface area contributed by atoms with Crippen molar-refractivity contribution in [3.05, 3.63) is 0 Å². The molecule has 0 aliphatic heterocycles. The van der Waals surface area contributed by atoms with E-state index in [0.29, 0.717) is 26.4 Å². The van der Waals surface area contributed by atoms with Crippen LogP contribution in [-0.2, 0) is 19.7 Å². The third kappa shape index (κ3) is 4.14. The highest BCUT2D eigenvalue weighted by Gasteiger charge is 2.57. The Balaban J connectivity index is 5.76. The lowest BCUT2D eigenvalue weighted by molar-refractivity contribution is -0.239. The third-order valence-electron chi connectivity index (χ3n) is 3.59. The fourth-order valence-electron chi connectivity index (χ4n) is 1.62. The van der Waals surface area contributed by atoms with E-state index in [0.717, 1.165) is 0 Å². The minimum absolute atomic E-state index is 0.549. The molecule has 0 saturated heterocycles. The van der Waals surface area contributed by atoms with Crippen LogP contribution in [0.15, 0.2) is 0 Å². The maximum absolute atomic E-state index is 11.2. The molecule has 0 aromatic heterocycles. The van der Waals surface area contributed by atoms with Gasteiger partial charge in [0, 0.05) is 12.5 Å². The van der Waals surface area contributed by atoms with E-state index in [-0.39, 0.29) is 0 Å². The van der Waals surface area contributed by atoms with Crippen molar-refractivity contribution in [1.29, 1.82) is 0 Å². The van der Waals surface area contributed by atoms with E-state index in [1.165, 1.54) is 0 Å². The molecule has 12 heteroatoms. The quantitative estimate of drug-likeness (QED) is 0.258. The van der Waals surface area contributed by atoms with Crippen LogP contribution in [0.5, 0.6) is 0 Å². The Kier molecular flexibility index (Phi) is 6.18. The Morgan fingerprint density at radius 2 is 0.864 bits per heavy atom. The van der Waals surface area contributed by atoms with Crippen LogP contribution in [-0.4, -0.2) is 94.3 Å². The number of aliphatic hydroxyl groups is 6. The first-order chi connectivity index (χ1) is 9.38. The Morgan fingerprint density at radius 3 is 1.00 bits per heavy atom. The summed E-state index contributed by atoms with van der Waals surface area (Å²) in [5, 5.41) is 58.7. The van der Waals surface area contributed by atoms with E-state index in [2.05, 4.69) is 0 Å². The molecule has 0 amide bonds. The molecule has 0 aromatic rings. The molecular weight excluding hydrogens is 344 g/mol. The van der Waals surface area contributed by atoms with E-state index < -0.39 is 54.0 Å². The smallest absolute Gasteiger partial charge is 0.183 e. The summed E-state index contributed by atoms with van der Waals surface area (Å²) >= 11 is 0. The molecule has 0 rings (SSSR count). The highest BCUT2D eigenvalue weighted by molar-refractivity contribution is 7.91. The van der Waals surface area contributed by atoms with E-state index in [1.807, 2.05) is 0 Å². The maximum atomic E-state index is 11.2. The van der Waals surface area contributed by atoms with Gasteiger partial charge in [-0.25, -0.2) is 16.8 Å². The highest BCUT2D eigenvalue weighted by Crippen LogP contribution is 2.33. The van der Waals surface area contributed by atoms with Crippen LogP contribution in [0.25, 0.3) is 0 Å². The Hall–Kier alpha value is -0.340. The summed E-state index contributed by atoms with van der Waals surface area (Å²) in [6.45, 7) is 1.34. The second kappa shape index (κ2) is 6.28. The van der Waals surface area contributed by atoms with E-state index >= 15 is 0 Å². The van der Waals surface area contributed by atoms with Crippen LogP contribution in [0, 0.1) is 0 Å². The summed E-state index contributed by atoms with van der Waals surface area (Å²) in [7, 11) is -8.50. The van der Waals surface area contributed by atoms with Crippen LogP contribution < -0.4 is 0 Å². The van der Waals surface area contributed by atoms with Gasteiger partial charge < -0.3 is 30.6 Å². The molecule has 0 radical (unpaired) electrons. The summed E-state index contributed by atoms with van der Waals surface area (Å²) in [6.07, 6.45) is -3.90. The first kappa shape index (κ1) is 21.7. The average Bonchev–Trinajstić information content (AvgIpc) is 2.32. The van der Waals surface area contributed by atoms with Crippen molar-refractivity contribution in [2.75, 3.05) is 12.5 Å². The molecule has 22 heavy (non-hydrogen) atoms. The summed E-state index contributed by atoms with van der Waals surface area (Å²) in [4.78, 5) is 0. The number of aliphatic hydroxyl groups excluding tert-OH is 4. The molecular formula is C10H22O10S2. The van der Waals surface area contributed by atoms with Crippen LogP contribution >= 0.6 is 0 Å². The first-order valence-electron chi connectivity index (χ1n) is 5.93. The minimum Gasteiger partial charge on any atom is -0.386 e. The molecule has 0 spiro atoms. The lowest BCUT2D eigenvalue weighted by atomic mass is 9.77. The molecule has 0 fully saturated rings. The van der Waals surface area contributed by atoms with Crippen molar-refractivity contribution in [3.8, 4) is 0 Å². The largest absolute Gasteiger partial charge is 0.386 e. The molecule has 6 atom stereocenters. The lowest BCUT2D eigenvalue weighted by Gasteiger charge is -2.45. The van der Waals surface area contributed by atoms with Crippen molar-refractivity contribution < 1.29 is 47.5 Å². The Morgan fingerprint density at radius 1 is 0.682 bits per heavy atom. The molecule has 2 unspecified atom stereocenters. The Bertz CT molecular complexity index is 537. The average molecular weight is 366 g/mol. The van der Waals surface area contributed by atoms with Gasteiger partial charge in [0.05, 0.1) is 0 Å². The van der Waals surface area contributed by atoms with Crippen LogP contribution in [0.2, 0.25) is 0 Å². The number of hydrogen-bond acceptors (Lipinski definition) is 10. The van der Waals surface area contributed by atoms with Gasteiger partial charge in [0.1, 0.15) is 23.4 Å². The topological polar surface area (TPSA) is 190 Å². The summed E-state index contributed by atoms with van der Waals surface area (Å²) in [5.41, 5.74) is -10.8. The normalized spacial score (nSPS) is 24.6. The van der Waals surface area contributed by atoms with Gasteiger partial charge in [0.2, 0.25) is 0 Å². The van der Waals surface area contributed by atoms with Gasteiger partial charge in [-0.1, -0.05) is 0 Å².